The SMILES string of the molecule is CCc1ccc(-n2c(=O)c3ccccc3n3c(SCC(=O)OC)nnc23)cc1. The fourth-order valence-corrected chi connectivity index (χ4v) is 3.84. The van der Waals surface area contributed by atoms with Crippen LogP contribution in [0.3, 0.4) is 0 Å². The van der Waals surface area contributed by atoms with Gasteiger partial charge in [0.15, 0.2) is 5.16 Å². The second kappa shape index (κ2) is 7.47. The Hall–Kier alpha value is -3.13. The predicted octanol–water partition coefficient (Wildman–Crippen LogP) is 2.86. The van der Waals surface area contributed by atoms with Gasteiger partial charge in [-0.05, 0) is 36.2 Å². The van der Waals surface area contributed by atoms with E-state index in [-0.39, 0.29) is 17.3 Å². The summed E-state index contributed by atoms with van der Waals surface area (Å²) in [6.07, 6.45) is 0.918. The van der Waals surface area contributed by atoms with Gasteiger partial charge < -0.3 is 4.74 Å². The van der Waals surface area contributed by atoms with E-state index in [9.17, 15) is 9.59 Å². The van der Waals surface area contributed by atoms with E-state index in [2.05, 4.69) is 17.1 Å². The smallest absolute Gasteiger partial charge is 0.316 e. The Kier molecular flexibility index (Phi) is 4.87. The number of nitrogens with zero attached hydrogens (tertiary/aromatic N) is 4. The fraction of sp³-hybridized carbons (Fsp3) is 0.200. The number of fused-ring (bicyclic) bond motifs is 3. The van der Waals surface area contributed by atoms with Gasteiger partial charge >= 0.3 is 5.97 Å². The average Bonchev–Trinajstić information content (AvgIpc) is 3.16. The largest absolute Gasteiger partial charge is 0.468 e. The summed E-state index contributed by atoms with van der Waals surface area (Å²) in [6, 6.07) is 15.1. The van der Waals surface area contributed by atoms with Gasteiger partial charge in [0.2, 0.25) is 5.78 Å². The zero-order valence-electron chi connectivity index (χ0n) is 15.5. The molecule has 7 nitrogen and oxygen atoms in total. The van der Waals surface area contributed by atoms with Crippen LogP contribution < -0.4 is 5.56 Å². The maximum atomic E-state index is 13.2. The second-order valence-corrected chi connectivity index (χ2v) is 7.10. The molecule has 2 aromatic heterocycles. The van der Waals surface area contributed by atoms with Gasteiger partial charge in [0.1, 0.15) is 0 Å². The van der Waals surface area contributed by atoms with Crippen molar-refractivity contribution in [1.29, 1.82) is 0 Å². The lowest BCUT2D eigenvalue weighted by atomic mass is 10.1. The zero-order chi connectivity index (χ0) is 19.7. The van der Waals surface area contributed by atoms with Crippen molar-refractivity contribution in [1.82, 2.24) is 19.2 Å². The molecule has 28 heavy (non-hydrogen) atoms. The Morgan fingerprint density at radius 1 is 1.11 bits per heavy atom. The molecule has 0 spiro atoms. The highest BCUT2D eigenvalue weighted by Crippen LogP contribution is 2.23. The van der Waals surface area contributed by atoms with E-state index in [0.29, 0.717) is 21.8 Å². The van der Waals surface area contributed by atoms with Gasteiger partial charge in [0.25, 0.3) is 5.56 Å². The van der Waals surface area contributed by atoms with Crippen LogP contribution in [0.2, 0.25) is 0 Å². The van der Waals surface area contributed by atoms with Crippen molar-refractivity contribution in [3.63, 3.8) is 0 Å². The van der Waals surface area contributed by atoms with Gasteiger partial charge in [-0.3, -0.25) is 14.0 Å². The number of ether oxygens (including phenoxy) is 1. The maximum absolute atomic E-state index is 13.2. The van der Waals surface area contributed by atoms with Crippen molar-refractivity contribution in [3.05, 3.63) is 64.4 Å². The van der Waals surface area contributed by atoms with Gasteiger partial charge in [-0.1, -0.05) is 43.0 Å². The number of methoxy groups -OCH3 is 1. The highest BCUT2D eigenvalue weighted by Gasteiger charge is 2.18. The molecule has 4 rings (SSSR count). The first-order chi connectivity index (χ1) is 13.6. The Morgan fingerprint density at radius 2 is 1.86 bits per heavy atom. The third-order valence-corrected chi connectivity index (χ3v) is 5.45. The number of carbonyl (C=O) groups excluding carboxylic acids is 1. The summed E-state index contributed by atoms with van der Waals surface area (Å²) < 4.78 is 8.07. The van der Waals surface area contributed by atoms with E-state index in [4.69, 9.17) is 4.74 Å². The maximum Gasteiger partial charge on any atom is 0.316 e. The van der Waals surface area contributed by atoms with E-state index in [1.54, 1.807) is 15.0 Å². The first kappa shape index (κ1) is 18.2. The van der Waals surface area contributed by atoms with Crippen molar-refractivity contribution < 1.29 is 9.53 Å². The molecule has 2 heterocycles. The van der Waals surface area contributed by atoms with E-state index >= 15 is 0 Å². The monoisotopic (exact) mass is 394 g/mol. The van der Waals surface area contributed by atoms with Crippen LogP contribution in [-0.2, 0) is 16.0 Å². The van der Waals surface area contributed by atoms with Crippen LogP contribution in [0.5, 0.6) is 0 Å². The van der Waals surface area contributed by atoms with Gasteiger partial charge in [0.05, 0.1) is 29.5 Å². The molecule has 0 bridgehead atoms. The number of hydrogen-bond acceptors (Lipinski definition) is 6. The normalized spacial score (nSPS) is 11.2. The third-order valence-electron chi connectivity index (χ3n) is 4.54. The standard InChI is InChI=1S/C20H18N4O3S/c1-3-13-8-10-14(11-9-13)23-18(26)15-6-4-5-7-16(15)24-19(23)21-22-20(24)28-12-17(25)27-2/h4-11H,3,12H2,1-2H3. The number of esters is 1. The molecule has 2 aromatic carbocycles. The van der Waals surface area contributed by atoms with Crippen molar-refractivity contribution in [2.45, 2.75) is 18.5 Å². The number of para-hydroxylation sites is 1. The lowest BCUT2D eigenvalue weighted by Gasteiger charge is -2.11. The van der Waals surface area contributed by atoms with E-state index < -0.39 is 0 Å². The average molecular weight is 394 g/mol. The molecule has 0 aliphatic heterocycles. The van der Waals surface area contributed by atoms with Crippen LogP contribution in [0.15, 0.2) is 58.5 Å². The Labute approximate surface area is 165 Å². The Bertz CT molecular complexity index is 1230. The number of aromatic nitrogens is 4. The Balaban J connectivity index is 1.98. The molecule has 0 saturated heterocycles. The van der Waals surface area contributed by atoms with E-state index in [1.807, 2.05) is 42.5 Å². The number of hydrogen-bond donors (Lipinski definition) is 0. The van der Waals surface area contributed by atoms with Crippen LogP contribution in [0, 0.1) is 0 Å². The summed E-state index contributed by atoms with van der Waals surface area (Å²) in [5.74, 6) is 0.158. The molecule has 0 aliphatic carbocycles. The fourth-order valence-electron chi connectivity index (χ4n) is 3.07. The third kappa shape index (κ3) is 3.05. The molecule has 0 aliphatic rings. The number of benzene rings is 2. The lowest BCUT2D eigenvalue weighted by molar-refractivity contribution is -0.137. The first-order valence-corrected chi connectivity index (χ1v) is 9.80. The second-order valence-electron chi connectivity index (χ2n) is 6.16. The number of carbonyl (C=O) groups is 1. The molecular weight excluding hydrogens is 376 g/mol. The summed E-state index contributed by atoms with van der Waals surface area (Å²) in [5, 5.41) is 9.55. The van der Waals surface area contributed by atoms with Gasteiger partial charge in [-0.25, -0.2) is 4.57 Å². The summed E-state index contributed by atoms with van der Waals surface area (Å²) in [5.41, 5.74) is 2.44. The van der Waals surface area contributed by atoms with Crippen molar-refractivity contribution in [2.75, 3.05) is 12.9 Å². The van der Waals surface area contributed by atoms with Gasteiger partial charge in [-0.15, -0.1) is 10.2 Å². The van der Waals surface area contributed by atoms with E-state index in [1.165, 1.54) is 24.4 Å². The summed E-state index contributed by atoms with van der Waals surface area (Å²) in [6.45, 7) is 2.08. The number of thioether (sulfide) groups is 1. The highest BCUT2D eigenvalue weighted by atomic mass is 32.2. The van der Waals surface area contributed by atoms with Crippen LogP contribution in [-0.4, -0.2) is 38.0 Å². The number of aryl methyl sites for hydroxylation is 1. The summed E-state index contributed by atoms with van der Waals surface area (Å²) >= 11 is 1.22. The molecule has 0 unspecified atom stereocenters. The molecule has 142 valence electrons. The minimum atomic E-state index is -0.352. The quantitative estimate of drug-likeness (QED) is 0.383. The molecule has 0 radical (unpaired) electrons. The van der Waals surface area contributed by atoms with Crippen molar-refractivity contribution >= 4 is 34.4 Å². The molecule has 0 saturated carbocycles. The molecule has 4 aromatic rings. The highest BCUT2D eigenvalue weighted by molar-refractivity contribution is 7.99. The summed E-state index contributed by atoms with van der Waals surface area (Å²) in [7, 11) is 1.35. The molecule has 0 N–H and O–H groups in total. The lowest BCUT2D eigenvalue weighted by Crippen LogP contribution is -2.21. The molecule has 0 fully saturated rings. The predicted molar refractivity (Wildman–Crippen MR) is 108 cm³/mol. The van der Waals surface area contributed by atoms with Crippen molar-refractivity contribution in [2.24, 2.45) is 0 Å². The Morgan fingerprint density at radius 3 is 2.57 bits per heavy atom. The molecular formula is C20H18N4O3S. The minimum absolute atomic E-state index is 0.107. The minimum Gasteiger partial charge on any atom is -0.468 e. The molecule has 0 atom stereocenters. The number of rotatable bonds is 5. The van der Waals surface area contributed by atoms with Gasteiger partial charge in [-0.2, -0.15) is 0 Å². The molecule has 0 amide bonds. The van der Waals surface area contributed by atoms with Crippen molar-refractivity contribution in [3.8, 4) is 5.69 Å². The zero-order valence-corrected chi connectivity index (χ0v) is 16.3. The van der Waals surface area contributed by atoms with E-state index in [0.717, 1.165) is 12.1 Å². The summed E-state index contributed by atoms with van der Waals surface area (Å²) in [4.78, 5) is 24.8. The first-order valence-electron chi connectivity index (χ1n) is 8.82. The van der Waals surface area contributed by atoms with Crippen LogP contribution >= 0.6 is 11.8 Å². The topological polar surface area (TPSA) is 78.5 Å². The van der Waals surface area contributed by atoms with Crippen LogP contribution in [0.1, 0.15) is 12.5 Å². The van der Waals surface area contributed by atoms with Crippen LogP contribution in [0.4, 0.5) is 0 Å². The van der Waals surface area contributed by atoms with Crippen LogP contribution in [0.25, 0.3) is 22.4 Å². The van der Waals surface area contributed by atoms with Gasteiger partial charge in [0, 0.05) is 0 Å². The molecule has 8 heteroatoms.